The highest BCUT2D eigenvalue weighted by Crippen LogP contribution is 2.18. The minimum atomic E-state index is -3.51. The topological polar surface area (TPSA) is 54.3 Å². The van der Waals surface area contributed by atoms with Crippen molar-refractivity contribution in [3.8, 4) is 0 Å². The lowest BCUT2D eigenvalue weighted by atomic mass is 10.4. The minimum Gasteiger partial charge on any atom is -0.352 e. The molecule has 0 atom stereocenters. The van der Waals surface area contributed by atoms with Crippen LogP contribution in [0.2, 0.25) is 0 Å². The van der Waals surface area contributed by atoms with Crippen LogP contribution in [0.4, 0.5) is 0 Å². The van der Waals surface area contributed by atoms with Crippen molar-refractivity contribution in [3.05, 3.63) is 43.3 Å². The van der Waals surface area contributed by atoms with Crippen molar-refractivity contribution in [2.45, 2.75) is 18.4 Å². The van der Waals surface area contributed by atoms with Gasteiger partial charge in [-0.15, -0.1) is 13.2 Å². The van der Waals surface area contributed by atoms with E-state index in [1.807, 2.05) is 18.5 Å². The van der Waals surface area contributed by atoms with Crippen LogP contribution >= 0.6 is 0 Å². The Bertz CT molecular complexity index is 551. The van der Waals surface area contributed by atoms with Crippen LogP contribution in [0, 0.1) is 0 Å². The van der Waals surface area contributed by atoms with E-state index in [9.17, 15) is 8.42 Å². The van der Waals surface area contributed by atoms with E-state index in [1.54, 1.807) is 24.4 Å². The molecule has 1 N–H and O–H groups in total. The molecule has 0 amide bonds. The molecule has 5 nitrogen and oxygen atoms in total. The Morgan fingerprint density at radius 1 is 1.35 bits per heavy atom. The molecule has 0 aliphatic carbocycles. The molecule has 6 heteroatoms. The average Bonchev–Trinajstić information content (AvgIpc) is 2.78. The maximum atomic E-state index is 12.5. The number of rotatable bonds is 9. The van der Waals surface area contributed by atoms with E-state index >= 15 is 0 Å². The van der Waals surface area contributed by atoms with Crippen LogP contribution in [0.5, 0.6) is 0 Å². The van der Waals surface area contributed by atoms with E-state index in [4.69, 9.17) is 0 Å². The molecule has 1 aromatic rings. The van der Waals surface area contributed by atoms with Crippen molar-refractivity contribution in [3.63, 3.8) is 0 Å². The lowest BCUT2D eigenvalue weighted by Crippen LogP contribution is -2.31. The maximum absolute atomic E-state index is 12.5. The largest absolute Gasteiger partial charge is 0.352 e. The van der Waals surface area contributed by atoms with Gasteiger partial charge in [0.15, 0.2) is 0 Å². The molecule has 0 fully saturated rings. The fourth-order valence-corrected chi connectivity index (χ4v) is 3.33. The smallest absolute Gasteiger partial charge is 0.245 e. The molecule has 1 heterocycles. The molecular formula is C14H23N3O2S. The molecule has 0 aliphatic rings. The molecule has 0 bridgehead atoms. The third kappa shape index (κ3) is 3.82. The Morgan fingerprint density at radius 2 is 1.95 bits per heavy atom. The highest BCUT2D eigenvalue weighted by atomic mass is 32.2. The van der Waals surface area contributed by atoms with Gasteiger partial charge in [-0.2, -0.15) is 4.31 Å². The Morgan fingerprint density at radius 3 is 2.45 bits per heavy atom. The van der Waals surface area contributed by atoms with Crippen LogP contribution in [-0.4, -0.2) is 36.9 Å². The van der Waals surface area contributed by atoms with Crippen LogP contribution in [-0.2, 0) is 23.6 Å². The standard InChI is InChI=1S/C14H23N3O2S/c1-5-8-17(9-6-2)20(18,19)14-10-13(11-15-7-3)16(4)12-14/h5-6,10,12,15H,1-2,7-9,11H2,3-4H3. The summed E-state index contributed by atoms with van der Waals surface area (Å²) in [4.78, 5) is 0.302. The van der Waals surface area contributed by atoms with E-state index in [0.29, 0.717) is 11.4 Å². The lowest BCUT2D eigenvalue weighted by molar-refractivity contribution is 0.474. The number of nitrogens with one attached hydrogen (secondary N) is 1. The van der Waals surface area contributed by atoms with Crippen LogP contribution in [0.3, 0.4) is 0 Å². The Hall–Kier alpha value is -1.37. The first kappa shape index (κ1) is 16.7. The summed E-state index contributed by atoms with van der Waals surface area (Å²) in [5.74, 6) is 0. The molecule has 1 rings (SSSR count). The number of hydrogen-bond acceptors (Lipinski definition) is 3. The first-order valence-electron chi connectivity index (χ1n) is 6.55. The van der Waals surface area contributed by atoms with Gasteiger partial charge < -0.3 is 9.88 Å². The quantitative estimate of drug-likeness (QED) is 0.703. The summed E-state index contributed by atoms with van der Waals surface area (Å²) in [6.45, 7) is 11.2. The summed E-state index contributed by atoms with van der Waals surface area (Å²) in [5.41, 5.74) is 0.933. The zero-order valence-corrected chi connectivity index (χ0v) is 13.0. The summed E-state index contributed by atoms with van der Waals surface area (Å²) in [6, 6.07) is 1.71. The Balaban J connectivity index is 3.07. The molecule has 112 valence electrons. The van der Waals surface area contributed by atoms with Crippen LogP contribution in [0.15, 0.2) is 42.5 Å². The van der Waals surface area contributed by atoms with Crippen molar-refractivity contribution in [1.29, 1.82) is 0 Å². The van der Waals surface area contributed by atoms with Gasteiger partial charge in [0.05, 0.1) is 0 Å². The first-order valence-corrected chi connectivity index (χ1v) is 7.99. The molecule has 0 spiro atoms. The predicted molar refractivity (Wildman–Crippen MR) is 81.9 cm³/mol. The molecule has 0 unspecified atom stereocenters. The summed E-state index contributed by atoms with van der Waals surface area (Å²) >= 11 is 0. The van der Waals surface area contributed by atoms with E-state index in [1.165, 1.54) is 4.31 Å². The van der Waals surface area contributed by atoms with E-state index in [0.717, 1.165) is 12.2 Å². The summed E-state index contributed by atoms with van der Waals surface area (Å²) in [6.07, 6.45) is 4.79. The second kappa shape index (κ2) is 7.42. The molecule has 0 radical (unpaired) electrons. The van der Waals surface area contributed by atoms with Gasteiger partial charge in [-0.25, -0.2) is 8.42 Å². The minimum absolute atomic E-state index is 0.270. The zero-order valence-electron chi connectivity index (χ0n) is 12.2. The summed E-state index contributed by atoms with van der Waals surface area (Å²) in [7, 11) is -1.67. The fourth-order valence-electron chi connectivity index (χ4n) is 1.85. The van der Waals surface area contributed by atoms with Crippen LogP contribution < -0.4 is 5.32 Å². The molecular weight excluding hydrogens is 274 g/mol. The van der Waals surface area contributed by atoms with Gasteiger partial charge in [-0.1, -0.05) is 19.1 Å². The van der Waals surface area contributed by atoms with Crippen LogP contribution in [0.1, 0.15) is 12.6 Å². The van der Waals surface area contributed by atoms with E-state index < -0.39 is 10.0 Å². The highest BCUT2D eigenvalue weighted by molar-refractivity contribution is 7.89. The van der Waals surface area contributed by atoms with Crippen molar-refractivity contribution in [2.75, 3.05) is 19.6 Å². The fraction of sp³-hybridized carbons (Fsp3) is 0.429. The van der Waals surface area contributed by atoms with E-state index in [-0.39, 0.29) is 13.1 Å². The van der Waals surface area contributed by atoms with Gasteiger partial charge >= 0.3 is 0 Å². The van der Waals surface area contributed by atoms with Gasteiger partial charge in [-0.05, 0) is 12.6 Å². The summed E-state index contributed by atoms with van der Waals surface area (Å²) in [5, 5.41) is 3.19. The Labute approximate surface area is 121 Å². The second-order valence-corrected chi connectivity index (χ2v) is 6.40. The van der Waals surface area contributed by atoms with Gasteiger partial charge in [0.25, 0.3) is 0 Å². The van der Waals surface area contributed by atoms with Crippen molar-refractivity contribution in [2.24, 2.45) is 7.05 Å². The van der Waals surface area contributed by atoms with Crippen LogP contribution in [0.25, 0.3) is 0 Å². The normalized spacial score (nSPS) is 11.8. The van der Waals surface area contributed by atoms with Gasteiger partial charge in [-0.3, -0.25) is 0 Å². The molecule has 0 aromatic carbocycles. The number of sulfonamides is 1. The lowest BCUT2D eigenvalue weighted by Gasteiger charge is -2.17. The molecule has 20 heavy (non-hydrogen) atoms. The van der Waals surface area contributed by atoms with Gasteiger partial charge in [0, 0.05) is 38.6 Å². The molecule has 0 saturated carbocycles. The van der Waals surface area contributed by atoms with Crippen molar-refractivity contribution < 1.29 is 8.42 Å². The van der Waals surface area contributed by atoms with Gasteiger partial charge in [0.2, 0.25) is 10.0 Å². The Kier molecular flexibility index (Phi) is 6.19. The number of aryl methyl sites for hydroxylation is 1. The van der Waals surface area contributed by atoms with Gasteiger partial charge in [0.1, 0.15) is 4.90 Å². The number of hydrogen-bond donors (Lipinski definition) is 1. The second-order valence-electron chi connectivity index (χ2n) is 4.46. The molecule has 1 aromatic heterocycles. The third-order valence-corrected chi connectivity index (χ3v) is 4.74. The summed E-state index contributed by atoms with van der Waals surface area (Å²) < 4.78 is 28.3. The van der Waals surface area contributed by atoms with Crippen molar-refractivity contribution >= 4 is 10.0 Å². The monoisotopic (exact) mass is 297 g/mol. The third-order valence-electron chi connectivity index (χ3n) is 2.94. The average molecular weight is 297 g/mol. The number of nitrogens with zero attached hydrogens (tertiary/aromatic N) is 2. The van der Waals surface area contributed by atoms with Crippen molar-refractivity contribution in [1.82, 2.24) is 14.2 Å². The number of aromatic nitrogens is 1. The predicted octanol–water partition coefficient (Wildman–Crippen LogP) is 1.50. The highest BCUT2D eigenvalue weighted by Gasteiger charge is 2.24. The van der Waals surface area contributed by atoms with E-state index in [2.05, 4.69) is 18.5 Å². The first-order chi connectivity index (χ1) is 9.47. The maximum Gasteiger partial charge on any atom is 0.245 e. The molecule has 0 saturated heterocycles. The zero-order chi connectivity index (χ0) is 15.2. The SMILES string of the molecule is C=CCN(CC=C)S(=O)(=O)c1cc(CNCC)n(C)c1. The molecule has 0 aliphatic heterocycles.